The summed E-state index contributed by atoms with van der Waals surface area (Å²) in [5.74, 6) is 0.555. The number of rotatable bonds is 6. The molecule has 2 aliphatic heterocycles. The number of nitrogens with zero attached hydrogens (tertiary/aromatic N) is 1. The summed E-state index contributed by atoms with van der Waals surface area (Å²) in [7, 11) is 0. The number of carbonyl (C=O) groups excluding carboxylic acids is 1. The van der Waals surface area contributed by atoms with Crippen LogP contribution in [0.3, 0.4) is 0 Å². The minimum Gasteiger partial charge on any atom is -0.486 e. The van der Waals surface area contributed by atoms with Gasteiger partial charge in [0, 0.05) is 22.2 Å². The van der Waals surface area contributed by atoms with Crippen LogP contribution in [0, 0.1) is 0 Å². The number of benzene rings is 2. The molecule has 10 heteroatoms. The van der Waals surface area contributed by atoms with Gasteiger partial charge in [0.1, 0.15) is 16.7 Å². The molecule has 32 heavy (non-hydrogen) atoms. The largest absolute Gasteiger partial charge is 0.486 e. The second-order valence-electron chi connectivity index (χ2n) is 7.27. The van der Waals surface area contributed by atoms with Crippen LogP contribution in [0.1, 0.15) is 24.0 Å². The molecule has 0 aromatic heterocycles. The number of thioether (sulfide) groups is 1. The van der Waals surface area contributed by atoms with Crippen molar-refractivity contribution in [3.05, 3.63) is 65.4 Å². The summed E-state index contributed by atoms with van der Waals surface area (Å²) >= 11 is 26.1. The Labute approximate surface area is 222 Å². The van der Waals surface area contributed by atoms with Gasteiger partial charge in [-0.1, -0.05) is 53.2 Å². The molecule has 168 valence electrons. The zero-order valence-corrected chi connectivity index (χ0v) is 22.9. The Hall–Kier alpha value is -0.610. The van der Waals surface area contributed by atoms with Crippen LogP contribution in [0.5, 0.6) is 5.75 Å². The number of hydrogen-bond donors (Lipinski definition) is 0. The second-order valence-corrected chi connectivity index (χ2v) is 11.5. The maximum absolute atomic E-state index is 12.9. The van der Waals surface area contributed by atoms with E-state index in [2.05, 4.69) is 31.9 Å². The van der Waals surface area contributed by atoms with Crippen molar-refractivity contribution in [3.63, 3.8) is 0 Å². The summed E-state index contributed by atoms with van der Waals surface area (Å²) in [4.78, 5) is 15.1. The predicted octanol–water partition coefficient (Wildman–Crippen LogP) is 7.48. The molecule has 0 bridgehead atoms. The van der Waals surface area contributed by atoms with Gasteiger partial charge in [-0.3, -0.25) is 9.69 Å². The van der Waals surface area contributed by atoms with E-state index in [4.69, 9.17) is 44.9 Å². The molecule has 0 unspecified atom stereocenters. The quantitative estimate of drug-likeness (QED) is 0.243. The molecule has 0 N–H and O–H groups in total. The van der Waals surface area contributed by atoms with Crippen molar-refractivity contribution in [2.24, 2.45) is 0 Å². The van der Waals surface area contributed by atoms with Gasteiger partial charge >= 0.3 is 0 Å². The van der Waals surface area contributed by atoms with E-state index in [0.717, 1.165) is 39.5 Å². The predicted molar refractivity (Wildman–Crippen MR) is 141 cm³/mol. The lowest BCUT2D eigenvalue weighted by molar-refractivity contribution is -0.123. The summed E-state index contributed by atoms with van der Waals surface area (Å²) in [6.45, 7) is 1.54. The monoisotopic (exact) mass is 635 g/mol. The third-order valence-corrected chi connectivity index (χ3v) is 8.13. The maximum atomic E-state index is 12.9. The highest BCUT2D eigenvalue weighted by Gasteiger charge is 2.34. The molecule has 2 aromatic carbocycles. The summed E-state index contributed by atoms with van der Waals surface area (Å²) < 4.78 is 13.7. The van der Waals surface area contributed by atoms with Crippen LogP contribution in [0.4, 0.5) is 0 Å². The summed E-state index contributed by atoms with van der Waals surface area (Å²) in [6.07, 6.45) is 3.88. The molecule has 2 heterocycles. The topological polar surface area (TPSA) is 38.8 Å². The Kier molecular flexibility index (Phi) is 8.24. The number of amides is 1. The molecule has 2 aromatic rings. The van der Waals surface area contributed by atoms with Gasteiger partial charge in [0.2, 0.25) is 0 Å². The van der Waals surface area contributed by atoms with Crippen molar-refractivity contribution in [1.82, 2.24) is 4.90 Å². The van der Waals surface area contributed by atoms with Gasteiger partial charge in [0.15, 0.2) is 0 Å². The fraction of sp³-hybridized carbons (Fsp3) is 0.273. The van der Waals surface area contributed by atoms with E-state index in [1.54, 1.807) is 17.0 Å². The van der Waals surface area contributed by atoms with E-state index in [1.807, 2.05) is 24.3 Å². The first-order chi connectivity index (χ1) is 15.3. The molecule has 2 saturated heterocycles. The molecule has 0 saturated carbocycles. The molecule has 0 aliphatic carbocycles. The van der Waals surface area contributed by atoms with E-state index in [0.29, 0.717) is 31.6 Å². The van der Waals surface area contributed by atoms with Crippen molar-refractivity contribution < 1.29 is 14.3 Å². The molecule has 0 spiro atoms. The third-order valence-electron chi connectivity index (χ3n) is 4.99. The SMILES string of the molecule is O=C1/C(=C/c2cc(Br)c(OCc3ccc(Cl)cc3Cl)c(Br)c2)SC(=S)N1C[C@@H]1CCCO1. The van der Waals surface area contributed by atoms with Gasteiger partial charge in [-0.2, -0.15) is 0 Å². The highest BCUT2D eigenvalue weighted by atomic mass is 79.9. The fourth-order valence-corrected chi connectivity index (χ4v) is 6.58. The highest BCUT2D eigenvalue weighted by Crippen LogP contribution is 2.38. The van der Waals surface area contributed by atoms with Crippen LogP contribution in [-0.2, 0) is 16.1 Å². The molecular weight excluding hydrogens is 621 g/mol. The van der Waals surface area contributed by atoms with Gasteiger partial charge in [-0.25, -0.2) is 0 Å². The summed E-state index contributed by atoms with van der Waals surface area (Å²) in [5, 5.41) is 1.12. The Balaban J connectivity index is 1.48. The van der Waals surface area contributed by atoms with Crippen molar-refractivity contribution in [2.45, 2.75) is 25.6 Å². The fourth-order valence-electron chi connectivity index (χ4n) is 3.39. The van der Waals surface area contributed by atoms with Gasteiger partial charge in [-0.05, 0) is 80.6 Å². The first-order valence-corrected chi connectivity index (χ1v) is 13.3. The zero-order valence-electron chi connectivity index (χ0n) is 16.6. The van der Waals surface area contributed by atoms with Gasteiger partial charge in [-0.15, -0.1) is 0 Å². The van der Waals surface area contributed by atoms with Crippen LogP contribution in [0.15, 0.2) is 44.2 Å². The molecular formula is C22H17Br2Cl2NO3S2. The summed E-state index contributed by atoms with van der Waals surface area (Å²) in [6, 6.07) is 9.09. The first-order valence-electron chi connectivity index (χ1n) is 9.74. The Morgan fingerprint density at radius 3 is 2.66 bits per heavy atom. The van der Waals surface area contributed by atoms with Crippen molar-refractivity contribution in [3.8, 4) is 5.75 Å². The van der Waals surface area contributed by atoms with Gasteiger partial charge in [0.25, 0.3) is 5.91 Å². The Morgan fingerprint density at radius 1 is 1.25 bits per heavy atom. The van der Waals surface area contributed by atoms with Crippen molar-refractivity contribution in [2.75, 3.05) is 13.2 Å². The molecule has 1 amide bonds. The third kappa shape index (κ3) is 5.71. The molecule has 2 aliphatic rings. The minimum absolute atomic E-state index is 0.0608. The number of hydrogen-bond acceptors (Lipinski definition) is 5. The van der Waals surface area contributed by atoms with Crippen molar-refractivity contribution in [1.29, 1.82) is 0 Å². The molecule has 1 atom stereocenters. The number of ether oxygens (including phenoxy) is 2. The molecule has 2 fully saturated rings. The van der Waals surface area contributed by atoms with E-state index in [-0.39, 0.29) is 18.6 Å². The van der Waals surface area contributed by atoms with Gasteiger partial charge in [0.05, 0.1) is 26.5 Å². The van der Waals surface area contributed by atoms with Crippen molar-refractivity contribution >= 4 is 95.3 Å². The lowest BCUT2D eigenvalue weighted by Crippen LogP contribution is -2.35. The first kappa shape index (κ1) is 24.5. The lowest BCUT2D eigenvalue weighted by atomic mass is 10.2. The van der Waals surface area contributed by atoms with Crippen LogP contribution in [-0.4, -0.2) is 34.4 Å². The average molecular weight is 638 g/mol. The molecule has 4 rings (SSSR count). The van der Waals surface area contributed by atoms with E-state index in [1.165, 1.54) is 11.8 Å². The standard InChI is InChI=1S/C22H17Br2Cl2NO3S2/c23-16-6-12(7-17(24)20(16)30-11-13-3-4-14(25)9-18(13)26)8-19-21(28)27(22(31)32-19)10-15-2-1-5-29-15/h3-4,6-9,15H,1-2,5,10-11H2/b19-8-/t15-/m0/s1. The Bertz CT molecular complexity index is 1080. The van der Waals surface area contributed by atoms with Crippen LogP contribution < -0.4 is 4.74 Å². The van der Waals surface area contributed by atoms with E-state index < -0.39 is 0 Å². The smallest absolute Gasteiger partial charge is 0.266 e. The Morgan fingerprint density at radius 2 is 2.00 bits per heavy atom. The highest BCUT2D eigenvalue weighted by molar-refractivity contribution is 9.11. The van der Waals surface area contributed by atoms with Gasteiger partial charge < -0.3 is 9.47 Å². The maximum Gasteiger partial charge on any atom is 0.266 e. The van der Waals surface area contributed by atoms with Crippen LogP contribution in [0.25, 0.3) is 6.08 Å². The lowest BCUT2D eigenvalue weighted by Gasteiger charge is -2.18. The number of carbonyl (C=O) groups is 1. The summed E-state index contributed by atoms with van der Waals surface area (Å²) in [5.41, 5.74) is 1.67. The second kappa shape index (κ2) is 10.8. The minimum atomic E-state index is -0.0829. The normalized spacial score (nSPS) is 19.9. The van der Waals surface area contributed by atoms with Crippen LogP contribution >= 0.6 is 79.0 Å². The van der Waals surface area contributed by atoms with E-state index in [9.17, 15) is 4.79 Å². The van der Waals surface area contributed by atoms with E-state index >= 15 is 0 Å². The molecule has 0 radical (unpaired) electrons. The van der Waals surface area contributed by atoms with Crippen LogP contribution in [0.2, 0.25) is 10.0 Å². The molecule has 4 nitrogen and oxygen atoms in total. The average Bonchev–Trinajstić information content (AvgIpc) is 3.33. The number of halogens is 4. The number of thiocarbonyl (C=S) groups is 1. The zero-order chi connectivity index (χ0) is 22.8.